The molecule has 1 aromatic heterocycles. The number of rotatable bonds is 2. The van der Waals surface area contributed by atoms with E-state index in [4.69, 9.17) is 16.0 Å². The highest BCUT2D eigenvalue weighted by Gasteiger charge is 2.07. The Kier molecular flexibility index (Phi) is 2.97. The lowest BCUT2D eigenvalue weighted by Gasteiger charge is -2.00. The van der Waals surface area contributed by atoms with Crippen molar-refractivity contribution in [3.63, 3.8) is 0 Å². The van der Waals surface area contributed by atoms with E-state index >= 15 is 0 Å². The number of hydrogen-bond acceptors (Lipinski definition) is 3. The predicted octanol–water partition coefficient (Wildman–Crippen LogP) is 3.74. The van der Waals surface area contributed by atoms with Gasteiger partial charge in [-0.15, -0.1) is 0 Å². The van der Waals surface area contributed by atoms with Crippen molar-refractivity contribution in [2.45, 2.75) is 0 Å². The van der Waals surface area contributed by atoms with Gasteiger partial charge < -0.3 is 9.52 Å². The first kappa shape index (κ1) is 11.8. The molecule has 0 aliphatic carbocycles. The van der Waals surface area contributed by atoms with Crippen molar-refractivity contribution >= 4 is 11.6 Å². The van der Waals surface area contributed by atoms with E-state index in [0.29, 0.717) is 22.2 Å². The zero-order valence-electron chi connectivity index (χ0n) is 9.84. The van der Waals surface area contributed by atoms with Crippen molar-refractivity contribution in [3.8, 4) is 28.7 Å². The highest BCUT2D eigenvalue weighted by molar-refractivity contribution is 6.30. The highest BCUT2D eigenvalue weighted by Crippen LogP contribution is 2.32. The molecule has 0 amide bonds. The third-order valence-electron chi connectivity index (χ3n) is 2.73. The van der Waals surface area contributed by atoms with Gasteiger partial charge in [-0.25, -0.2) is 4.98 Å². The summed E-state index contributed by atoms with van der Waals surface area (Å²) in [7, 11) is 0. The van der Waals surface area contributed by atoms with Crippen LogP contribution in [0.4, 0.5) is 0 Å². The van der Waals surface area contributed by atoms with Gasteiger partial charge in [-0.05, 0) is 12.1 Å². The summed E-state index contributed by atoms with van der Waals surface area (Å²) in [4.78, 5) is 4.26. The van der Waals surface area contributed by atoms with Gasteiger partial charge in [-0.3, -0.25) is 0 Å². The molecule has 3 aromatic rings. The third-order valence-corrected chi connectivity index (χ3v) is 2.99. The molecule has 0 fully saturated rings. The number of oxazole rings is 1. The Morgan fingerprint density at radius 3 is 2.26 bits per heavy atom. The Labute approximate surface area is 115 Å². The average Bonchev–Trinajstić information content (AvgIpc) is 2.83. The number of aromatic nitrogens is 1. The van der Waals surface area contributed by atoms with E-state index in [0.717, 1.165) is 5.56 Å². The number of hydrogen-bond donors (Lipinski definition) is 0. The molecule has 94 valence electrons. The quantitative estimate of drug-likeness (QED) is 0.713. The SMILES string of the molecule is [O-]c1oc(-c2ccccc2)nc1-c1ccc(Cl)cc1. The maximum absolute atomic E-state index is 11.8. The molecule has 2 aromatic carbocycles. The molecule has 0 saturated heterocycles. The Morgan fingerprint density at radius 2 is 1.58 bits per heavy atom. The number of halogens is 1. The first-order chi connectivity index (χ1) is 9.24. The lowest BCUT2D eigenvalue weighted by atomic mass is 10.2. The molecule has 0 radical (unpaired) electrons. The minimum absolute atomic E-state index is 0.301. The van der Waals surface area contributed by atoms with Crippen molar-refractivity contribution in [2.75, 3.05) is 0 Å². The molecule has 3 rings (SSSR count). The van der Waals surface area contributed by atoms with E-state index < -0.39 is 5.95 Å². The maximum atomic E-state index is 11.8. The van der Waals surface area contributed by atoms with Crippen LogP contribution in [-0.2, 0) is 0 Å². The summed E-state index contributed by atoms with van der Waals surface area (Å²) in [5.41, 5.74) is 1.77. The molecule has 0 atom stereocenters. The molecule has 0 N–H and O–H groups in total. The molecule has 0 aliphatic rings. The first-order valence-electron chi connectivity index (χ1n) is 5.73. The zero-order valence-corrected chi connectivity index (χ0v) is 10.6. The molecule has 0 spiro atoms. The van der Waals surface area contributed by atoms with Gasteiger partial charge in [0.2, 0.25) is 0 Å². The van der Waals surface area contributed by atoms with Crippen LogP contribution in [0.15, 0.2) is 59.0 Å². The summed E-state index contributed by atoms with van der Waals surface area (Å²) in [6.07, 6.45) is 0. The minimum atomic E-state index is -0.443. The van der Waals surface area contributed by atoms with Gasteiger partial charge in [0.1, 0.15) is 5.89 Å². The van der Waals surface area contributed by atoms with Gasteiger partial charge in [-0.1, -0.05) is 54.1 Å². The Morgan fingerprint density at radius 1 is 0.895 bits per heavy atom. The summed E-state index contributed by atoms with van der Waals surface area (Å²) in [6.45, 7) is 0. The second kappa shape index (κ2) is 4.78. The van der Waals surface area contributed by atoms with Gasteiger partial charge >= 0.3 is 0 Å². The monoisotopic (exact) mass is 270 g/mol. The minimum Gasteiger partial charge on any atom is -0.562 e. The lowest BCUT2D eigenvalue weighted by Crippen LogP contribution is -1.89. The Hall–Kier alpha value is -2.26. The Bertz CT molecular complexity index is 690. The van der Waals surface area contributed by atoms with Gasteiger partial charge in [0, 0.05) is 16.1 Å². The fraction of sp³-hybridized carbons (Fsp3) is 0. The molecular weight excluding hydrogens is 262 g/mol. The molecular formula is C15H9ClNO2-. The van der Waals surface area contributed by atoms with E-state index in [1.807, 2.05) is 30.3 Å². The largest absolute Gasteiger partial charge is 0.562 e. The van der Waals surface area contributed by atoms with Crippen LogP contribution in [0.25, 0.3) is 22.7 Å². The molecule has 0 aliphatic heterocycles. The summed E-state index contributed by atoms with van der Waals surface area (Å²) in [5.74, 6) is -0.114. The Balaban J connectivity index is 2.05. The fourth-order valence-electron chi connectivity index (χ4n) is 1.80. The molecule has 4 heteroatoms. The van der Waals surface area contributed by atoms with Crippen LogP contribution >= 0.6 is 11.6 Å². The summed E-state index contributed by atoms with van der Waals surface area (Å²) in [6, 6.07) is 16.2. The average molecular weight is 271 g/mol. The van der Waals surface area contributed by atoms with Gasteiger partial charge in [0.15, 0.2) is 0 Å². The number of benzene rings is 2. The molecule has 19 heavy (non-hydrogen) atoms. The van der Waals surface area contributed by atoms with E-state index in [-0.39, 0.29) is 0 Å². The van der Waals surface area contributed by atoms with Crippen LogP contribution in [0.5, 0.6) is 5.95 Å². The zero-order chi connectivity index (χ0) is 13.2. The molecule has 0 saturated carbocycles. The van der Waals surface area contributed by atoms with E-state index in [9.17, 15) is 5.11 Å². The second-order valence-corrected chi connectivity index (χ2v) is 4.46. The van der Waals surface area contributed by atoms with Gasteiger partial charge in [0.25, 0.3) is 0 Å². The lowest BCUT2D eigenvalue weighted by molar-refractivity contribution is -0.292. The third kappa shape index (κ3) is 2.33. The number of nitrogens with zero attached hydrogens (tertiary/aromatic N) is 1. The van der Waals surface area contributed by atoms with Crippen molar-refractivity contribution in [1.29, 1.82) is 0 Å². The van der Waals surface area contributed by atoms with E-state index in [2.05, 4.69) is 4.98 Å². The summed E-state index contributed by atoms with van der Waals surface area (Å²) >= 11 is 5.82. The van der Waals surface area contributed by atoms with E-state index in [1.54, 1.807) is 24.3 Å². The second-order valence-electron chi connectivity index (χ2n) is 4.03. The van der Waals surface area contributed by atoms with Crippen LogP contribution in [0, 0.1) is 0 Å². The first-order valence-corrected chi connectivity index (χ1v) is 6.11. The van der Waals surface area contributed by atoms with Gasteiger partial charge in [-0.2, -0.15) is 0 Å². The normalized spacial score (nSPS) is 10.6. The molecule has 0 unspecified atom stereocenters. The van der Waals surface area contributed by atoms with Crippen molar-refractivity contribution < 1.29 is 9.52 Å². The van der Waals surface area contributed by atoms with Crippen LogP contribution in [-0.4, -0.2) is 4.98 Å². The highest BCUT2D eigenvalue weighted by atomic mass is 35.5. The topological polar surface area (TPSA) is 49.1 Å². The van der Waals surface area contributed by atoms with Crippen LogP contribution < -0.4 is 5.11 Å². The molecule has 3 nitrogen and oxygen atoms in total. The van der Waals surface area contributed by atoms with Crippen molar-refractivity contribution in [3.05, 3.63) is 59.6 Å². The van der Waals surface area contributed by atoms with Crippen LogP contribution in [0.2, 0.25) is 5.02 Å². The molecule has 0 bridgehead atoms. The predicted molar refractivity (Wildman–Crippen MR) is 71.8 cm³/mol. The fourth-order valence-corrected chi connectivity index (χ4v) is 1.93. The smallest absolute Gasteiger partial charge is 0.112 e. The molecule has 1 heterocycles. The summed E-state index contributed by atoms with van der Waals surface area (Å²) in [5, 5.41) is 12.5. The van der Waals surface area contributed by atoms with Crippen molar-refractivity contribution in [2.24, 2.45) is 0 Å². The standard InChI is InChI=1S/C15H10ClNO2/c16-12-8-6-10(7-9-12)13-15(18)19-14(17-13)11-4-2-1-3-5-11/h1-9,18H/p-1. The van der Waals surface area contributed by atoms with Crippen LogP contribution in [0.3, 0.4) is 0 Å². The van der Waals surface area contributed by atoms with Gasteiger partial charge in [0.05, 0.1) is 11.6 Å². The maximum Gasteiger partial charge on any atom is 0.112 e. The summed E-state index contributed by atoms with van der Waals surface area (Å²) < 4.78 is 5.19. The van der Waals surface area contributed by atoms with Crippen LogP contribution in [0.1, 0.15) is 0 Å². The van der Waals surface area contributed by atoms with E-state index in [1.165, 1.54) is 0 Å². The van der Waals surface area contributed by atoms with Crippen molar-refractivity contribution in [1.82, 2.24) is 4.98 Å².